The summed E-state index contributed by atoms with van der Waals surface area (Å²) in [7, 11) is 0. The summed E-state index contributed by atoms with van der Waals surface area (Å²) in [6, 6.07) is 0. The Labute approximate surface area is 117 Å². The lowest BCUT2D eigenvalue weighted by molar-refractivity contribution is -0.159. The third-order valence-electron chi connectivity index (χ3n) is 2.96. The molecule has 1 fully saturated rings. The van der Waals surface area contributed by atoms with Gasteiger partial charge in [-0.1, -0.05) is 5.16 Å². The van der Waals surface area contributed by atoms with E-state index in [4.69, 9.17) is 0 Å². The Kier molecular flexibility index (Phi) is 3.45. The first-order chi connectivity index (χ1) is 10.0. The molecule has 0 atom stereocenters. The summed E-state index contributed by atoms with van der Waals surface area (Å²) in [5.74, 6) is -1.04. The molecule has 0 unspecified atom stereocenters. The third-order valence-corrected chi connectivity index (χ3v) is 2.96. The summed E-state index contributed by atoms with van der Waals surface area (Å²) in [6.07, 6.45) is -1.89. The first-order valence-electron chi connectivity index (χ1n) is 6.23. The maximum Gasteiger partial charge on any atom is 0.471 e. The number of nitrogens with zero attached hydrogens (tertiary/aromatic N) is 5. The van der Waals surface area contributed by atoms with Gasteiger partial charge in [0, 0.05) is 38.6 Å². The molecule has 2 aromatic rings. The van der Waals surface area contributed by atoms with Crippen LogP contribution in [0.15, 0.2) is 16.9 Å². The number of halogens is 3. The Morgan fingerprint density at radius 3 is 2.38 bits per heavy atom. The van der Waals surface area contributed by atoms with E-state index in [0.29, 0.717) is 5.95 Å². The van der Waals surface area contributed by atoms with Crippen LogP contribution in [0.25, 0.3) is 11.4 Å². The van der Waals surface area contributed by atoms with E-state index in [1.54, 1.807) is 0 Å². The number of nitrogens with one attached hydrogen (secondary N) is 1. The quantitative estimate of drug-likeness (QED) is 0.884. The largest absolute Gasteiger partial charge is 0.471 e. The molecule has 0 aromatic carbocycles. The molecule has 21 heavy (non-hydrogen) atoms. The lowest BCUT2D eigenvalue weighted by atomic mass is 10.3. The maximum atomic E-state index is 12.4. The van der Waals surface area contributed by atoms with Crippen molar-refractivity contribution in [2.24, 2.45) is 0 Å². The molecule has 0 saturated carbocycles. The first kappa shape index (κ1) is 13.7. The van der Waals surface area contributed by atoms with Gasteiger partial charge in [0.2, 0.25) is 11.8 Å². The number of piperazine rings is 1. The minimum absolute atomic E-state index is 0.186. The van der Waals surface area contributed by atoms with Crippen LogP contribution in [0.4, 0.5) is 19.1 Å². The van der Waals surface area contributed by atoms with Crippen LogP contribution in [0.5, 0.6) is 0 Å². The second-order valence-corrected chi connectivity index (χ2v) is 4.43. The number of rotatable bonds is 2. The van der Waals surface area contributed by atoms with Crippen LogP contribution in [-0.2, 0) is 6.18 Å². The number of hydrogen-bond acceptors (Lipinski definition) is 7. The van der Waals surface area contributed by atoms with E-state index in [-0.39, 0.29) is 11.4 Å². The monoisotopic (exact) mass is 300 g/mol. The van der Waals surface area contributed by atoms with E-state index in [0.717, 1.165) is 26.2 Å². The number of alkyl halides is 3. The molecule has 1 aliphatic heterocycles. The summed E-state index contributed by atoms with van der Waals surface area (Å²) >= 11 is 0. The van der Waals surface area contributed by atoms with Crippen LogP contribution in [-0.4, -0.2) is 46.3 Å². The average Bonchev–Trinajstić information content (AvgIpc) is 2.98. The molecule has 3 heterocycles. The molecule has 0 bridgehead atoms. The molecule has 7 nitrogen and oxygen atoms in total. The highest BCUT2D eigenvalue weighted by Gasteiger charge is 2.38. The van der Waals surface area contributed by atoms with E-state index >= 15 is 0 Å². The molecule has 112 valence electrons. The van der Waals surface area contributed by atoms with Gasteiger partial charge in [0.05, 0.1) is 5.56 Å². The van der Waals surface area contributed by atoms with Gasteiger partial charge in [0.25, 0.3) is 0 Å². The second-order valence-electron chi connectivity index (χ2n) is 4.43. The van der Waals surface area contributed by atoms with Crippen LogP contribution in [0.2, 0.25) is 0 Å². The highest BCUT2D eigenvalue weighted by atomic mass is 19.4. The third kappa shape index (κ3) is 2.94. The molecule has 2 aromatic heterocycles. The normalized spacial score (nSPS) is 16.2. The summed E-state index contributed by atoms with van der Waals surface area (Å²) in [4.78, 5) is 13.5. The second kappa shape index (κ2) is 5.28. The van der Waals surface area contributed by atoms with Crippen molar-refractivity contribution in [1.82, 2.24) is 25.4 Å². The summed E-state index contributed by atoms with van der Waals surface area (Å²) in [5, 5.41) is 6.49. The first-order valence-corrected chi connectivity index (χ1v) is 6.23. The lowest BCUT2D eigenvalue weighted by Gasteiger charge is -2.27. The maximum absolute atomic E-state index is 12.4. The van der Waals surface area contributed by atoms with E-state index in [1.807, 2.05) is 4.90 Å². The molecule has 1 N–H and O–H groups in total. The van der Waals surface area contributed by atoms with Crippen molar-refractivity contribution in [2.75, 3.05) is 31.1 Å². The van der Waals surface area contributed by atoms with Gasteiger partial charge in [-0.2, -0.15) is 18.2 Å². The fraction of sp³-hybridized carbons (Fsp3) is 0.455. The zero-order valence-electron chi connectivity index (χ0n) is 10.8. The number of aromatic nitrogens is 4. The van der Waals surface area contributed by atoms with Crippen molar-refractivity contribution < 1.29 is 17.7 Å². The molecule has 10 heteroatoms. The van der Waals surface area contributed by atoms with Gasteiger partial charge in [0.15, 0.2) is 0 Å². The average molecular weight is 300 g/mol. The smallest absolute Gasteiger partial charge is 0.338 e. The molecule has 1 saturated heterocycles. The minimum Gasteiger partial charge on any atom is -0.338 e. The molecule has 1 aliphatic rings. The van der Waals surface area contributed by atoms with Crippen molar-refractivity contribution in [3.8, 4) is 11.4 Å². The van der Waals surface area contributed by atoms with Gasteiger partial charge in [-0.05, 0) is 0 Å². The highest BCUT2D eigenvalue weighted by Crippen LogP contribution is 2.29. The predicted molar refractivity (Wildman–Crippen MR) is 65.4 cm³/mol. The fourth-order valence-electron chi connectivity index (χ4n) is 1.92. The summed E-state index contributed by atoms with van der Waals surface area (Å²) < 4.78 is 41.3. The van der Waals surface area contributed by atoms with E-state index < -0.39 is 12.1 Å². The Hall–Kier alpha value is -2.23. The van der Waals surface area contributed by atoms with Gasteiger partial charge < -0.3 is 14.7 Å². The van der Waals surface area contributed by atoms with Crippen molar-refractivity contribution >= 4 is 5.95 Å². The Balaban J connectivity index is 1.79. The lowest BCUT2D eigenvalue weighted by Crippen LogP contribution is -2.44. The van der Waals surface area contributed by atoms with Crippen LogP contribution in [0.3, 0.4) is 0 Å². The van der Waals surface area contributed by atoms with Gasteiger partial charge in [-0.15, -0.1) is 0 Å². The van der Waals surface area contributed by atoms with Crippen molar-refractivity contribution in [2.45, 2.75) is 6.18 Å². The molecule has 0 aliphatic carbocycles. The van der Waals surface area contributed by atoms with Crippen LogP contribution >= 0.6 is 0 Å². The Bertz CT molecular complexity index is 605. The van der Waals surface area contributed by atoms with E-state index in [1.165, 1.54) is 12.4 Å². The van der Waals surface area contributed by atoms with Crippen molar-refractivity contribution in [3.05, 3.63) is 18.3 Å². The van der Waals surface area contributed by atoms with Crippen molar-refractivity contribution in [1.29, 1.82) is 0 Å². The number of anilines is 1. The van der Waals surface area contributed by atoms with Crippen LogP contribution < -0.4 is 10.2 Å². The van der Waals surface area contributed by atoms with Gasteiger partial charge in [-0.3, -0.25) is 0 Å². The molecule has 0 spiro atoms. The fourth-order valence-corrected chi connectivity index (χ4v) is 1.92. The minimum atomic E-state index is -4.66. The van der Waals surface area contributed by atoms with Crippen LogP contribution in [0, 0.1) is 0 Å². The van der Waals surface area contributed by atoms with E-state index in [2.05, 4.69) is 29.9 Å². The summed E-state index contributed by atoms with van der Waals surface area (Å²) in [6.45, 7) is 3.23. The molecule has 0 amide bonds. The number of hydrogen-bond donors (Lipinski definition) is 1. The standard InChI is InChI=1S/C11H11F3N6O/c12-11(13,14)9-18-8(19-21-9)7-5-16-10(17-6-7)20-3-1-15-2-4-20/h5-6,15H,1-4H2. The zero-order valence-corrected chi connectivity index (χ0v) is 10.8. The molecule has 0 radical (unpaired) electrons. The highest BCUT2D eigenvalue weighted by molar-refractivity contribution is 5.52. The Morgan fingerprint density at radius 2 is 1.81 bits per heavy atom. The Morgan fingerprint density at radius 1 is 1.14 bits per heavy atom. The molecular formula is C11H11F3N6O. The topological polar surface area (TPSA) is 80.0 Å². The summed E-state index contributed by atoms with van der Waals surface area (Å²) in [5.41, 5.74) is 0.271. The van der Waals surface area contributed by atoms with Crippen LogP contribution in [0.1, 0.15) is 5.89 Å². The van der Waals surface area contributed by atoms with Gasteiger partial charge >= 0.3 is 12.1 Å². The SMILES string of the molecule is FC(F)(F)c1nc(-c2cnc(N3CCNCC3)nc2)no1. The van der Waals surface area contributed by atoms with E-state index in [9.17, 15) is 13.2 Å². The molecular weight excluding hydrogens is 289 g/mol. The molecule has 3 rings (SSSR count). The van der Waals surface area contributed by atoms with Gasteiger partial charge in [0.1, 0.15) is 0 Å². The van der Waals surface area contributed by atoms with Gasteiger partial charge in [-0.25, -0.2) is 9.97 Å². The van der Waals surface area contributed by atoms with Crippen molar-refractivity contribution in [3.63, 3.8) is 0 Å². The predicted octanol–water partition coefficient (Wildman–Crippen LogP) is 0.955. The zero-order chi connectivity index (χ0) is 14.9.